The van der Waals surface area contributed by atoms with E-state index in [1.165, 1.54) is 88.0 Å². The second kappa shape index (κ2) is 35.0. The number of rotatable bonds is 10. The summed E-state index contributed by atoms with van der Waals surface area (Å²) in [6, 6.07) is 21.4. The van der Waals surface area contributed by atoms with Crippen LogP contribution in [0.15, 0.2) is 60.7 Å². The maximum Gasteiger partial charge on any atom is 1.00 e. The molecule has 2 aromatic carbocycles. The summed E-state index contributed by atoms with van der Waals surface area (Å²) in [7, 11) is 0. The van der Waals surface area contributed by atoms with Crippen molar-refractivity contribution in [1.82, 2.24) is 10.2 Å². The van der Waals surface area contributed by atoms with Crippen LogP contribution in [-0.2, 0) is 9.68 Å². The second-order valence-corrected chi connectivity index (χ2v) is 10.3. The molecule has 2 aliphatic heterocycles. The number of anilines is 2. The van der Waals surface area contributed by atoms with Gasteiger partial charge in [-0.3, -0.25) is 9.69 Å². The molecule has 2 heterocycles. The molecule has 10 heteroatoms. The van der Waals surface area contributed by atoms with Gasteiger partial charge in [-0.2, -0.15) is 0 Å². The van der Waals surface area contributed by atoms with Crippen molar-refractivity contribution < 1.29 is 119 Å². The van der Waals surface area contributed by atoms with Crippen LogP contribution in [0.25, 0.3) is 0 Å². The molecule has 0 aromatic heterocycles. The van der Waals surface area contributed by atoms with Crippen LogP contribution in [0.5, 0.6) is 0 Å². The van der Waals surface area contributed by atoms with E-state index in [-0.39, 0.29) is 118 Å². The van der Waals surface area contributed by atoms with Crippen LogP contribution >= 0.6 is 15.9 Å². The van der Waals surface area contributed by atoms with Crippen LogP contribution in [0.4, 0.5) is 11.4 Å². The van der Waals surface area contributed by atoms with Crippen molar-refractivity contribution in [1.29, 1.82) is 0 Å². The summed E-state index contributed by atoms with van der Waals surface area (Å²) in [5, 5.41) is 12.9. The zero-order chi connectivity index (χ0) is 28.4. The number of nitrogens with one attached hydrogen (secondary N) is 1. The molecule has 2 aliphatic rings. The van der Waals surface area contributed by atoms with E-state index in [4.69, 9.17) is 10.1 Å². The number of piperazine rings is 2. The number of alkyl halides is 1. The molecule has 0 bridgehead atoms. The van der Waals surface area contributed by atoms with Gasteiger partial charge >= 0.3 is 103 Å². The number of unbranched alkanes of at least 4 members (excludes halogenated alkanes) is 4. The van der Waals surface area contributed by atoms with E-state index < -0.39 is 0 Å². The quantitative estimate of drug-likeness (QED) is 0.0925. The van der Waals surface area contributed by atoms with Crippen LogP contribution in [0.2, 0.25) is 0 Å². The maximum absolute atomic E-state index is 8.64. The number of hydrogen-bond acceptors (Lipinski definition) is 7. The molecule has 42 heavy (non-hydrogen) atoms. The second-order valence-electron chi connectivity index (χ2n) is 9.53. The van der Waals surface area contributed by atoms with Gasteiger partial charge in [0.05, 0.1) is 0 Å². The van der Waals surface area contributed by atoms with Gasteiger partial charge in [-0.25, -0.2) is 0 Å². The Morgan fingerprint density at radius 1 is 0.786 bits per heavy atom. The predicted molar refractivity (Wildman–Crippen MR) is 174 cm³/mol. The van der Waals surface area contributed by atoms with Crippen molar-refractivity contribution in [3.63, 3.8) is 0 Å². The Morgan fingerprint density at radius 3 is 1.60 bits per heavy atom. The molecule has 1 N–H and O–H groups in total. The summed E-state index contributed by atoms with van der Waals surface area (Å²) in [5.41, 5.74) is 2.72. The molecule has 7 nitrogen and oxygen atoms in total. The Balaban J connectivity index is -0.000000258. The first-order chi connectivity index (χ1) is 19.2. The molecule has 230 valence electrons. The van der Waals surface area contributed by atoms with Crippen molar-refractivity contribution in [3.8, 4) is 0 Å². The van der Waals surface area contributed by atoms with Gasteiger partial charge in [-0.05, 0) is 43.7 Å². The summed E-state index contributed by atoms with van der Waals surface area (Å²) in [4.78, 5) is 18.8. The molecule has 0 amide bonds. The zero-order valence-corrected chi connectivity index (χ0v) is 33.9. The van der Waals surface area contributed by atoms with Crippen molar-refractivity contribution in [2.45, 2.75) is 59.8 Å². The fraction of sp³-hybridized carbons (Fsp3) is 0.594. The Hall–Kier alpha value is 1.14. The van der Waals surface area contributed by atoms with Crippen LogP contribution < -0.4 is 123 Å². The number of para-hydroxylation sites is 2. The van der Waals surface area contributed by atoms with E-state index in [2.05, 4.69) is 115 Å². The summed E-state index contributed by atoms with van der Waals surface area (Å²) >= 11 is 3.35. The predicted octanol–water partition coefficient (Wildman–Crippen LogP) is -0.142. The van der Waals surface area contributed by atoms with Gasteiger partial charge in [0, 0.05) is 69.1 Å². The van der Waals surface area contributed by atoms with Gasteiger partial charge in [0.1, 0.15) is 0 Å². The van der Waals surface area contributed by atoms with E-state index in [0.717, 1.165) is 26.2 Å². The smallest absolute Gasteiger partial charge is 1.00 e. The number of carbonyl (C=O) groups excluding carboxylic acids is 1. The fourth-order valence-corrected chi connectivity index (χ4v) is 4.76. The fourth-order valence-electron chi connectivity index (χ4n) is 4.36. The molecule has 2 saturated heterocycles. The van der Waals surface area contributed by atoms with Gasteiger partial charge in [-0.15, -0.1) is 0 Å². The first-order valence-electron chi connectivity index (χ1n) is 14.5. The van der Waals surface area contributed by atoms with Crippen LogP contribution in [0, 0.1) is 0 Å². The first-order valence-corrected chi connectivity index (χ1v) is 15.6. The minimum Gasteiger partial charge on any atom is -1.00 e. The molecular weight excluding hydrogens is 646 g/mol. The number of halogens is 1. The van der Waals surface area contributed by atoms with Crippen molar-refractivity contribution >= 4 is 33.8 Å². The van der Waals surface area contributed by atoms with Gasteiger partial charge in [0.2, 0.25) is 0 Å². The molecule has 2 fully saturated rings. The van der Waals surface area contributed by atoms with E-state index in [1.807, 2.05) is 0 Å². The average molecular weight is 702 g/mol. The minimum absolute atomic E-state index is 0. The van der Waals surface area contributed by atoms with E-state index in [0.29, 0.717) is 0 Å². The largest absolute Gasteiger partial charge is 1.00 e. The number of carbonyl (C=O) groups is 1. The summed E-state index contributed by atoms with van der Waals surface area (Å²) < 4.78 is 0. The van der Waals surface area contributed by atoms with Gasteiger partial charge in [-0.1, -0.05) is 99.3 Å². The van der Waals surface area contributed by atoms with Gasteiger partial charge in [0.15, 0.2) is 0 Å². The number of benzene rings is 2. The van der Waals surface area contributed by atoms with Crippen LogP contribution in [-0.4, -0.2) is 75.6 Å². The standard InChI is InChI=1S/C15H24N2.C10H14N2.C5H11Br.CH2O3.CH4.2K.H/c1-2-3-7-10-16-11-13-17(14-12-16)15-8-5-4-6-9-15;1-2-4-10(5-3-1)12-8-6-11-7-9-12;1-2-3-4-5-6;2-1-4-3;;;;/h4-6,8-9H,2-3,7,10-14H2,1H3;1-5,11H,6-9H2;2-5H2,1H3;1,3H;1H4;;;/q;;;;;2*+1;-1/p-1. The zero-order valence-electron chi connectivity index (χ0n) is 27.1. The Kier molecular flexibility index (Phi) is 39.6. The molecule has 0 atom stereocenters. The third-order valence-electron chi connectivity index (χ3n) is 6.59. The van der Waals surface area contributed by atoms with Crippen molar-refractivity contribution in [2.24, 2.45) is 0 Å². The SMILES string of the molecule is C.CCCCCBr.CCCCCN1CCN(c2ccccc2)CC1.O=CO[O-].[H-].[K+].[K+].c1ccc(N2CCNCC2)cc1. The Bertz CT molecular complexity index is 802. The van der Waals surface area contributed by atoms with Crippen molar-refractivity contribution in [3.05, 3.63) is 60.7 Å². The van der Waals surface area contributed by atoms with Crippen LogP contribution in [0.1, 0.15) is 61.2 Å². The molecule has 0 unspecified atom stereocenters. The molecule has 2 aromatic rings. The van der Waals surface area contributed by atoms with Gasteiger partial charge < -0.3 is 26.7 Å². The molecule has 0 spiro atoms. The van der Waals surface area contributed by atoms with Crippen LogP contribution in [0.3, 0.4) is 0 Å². The van der Waals surface area contributed by atoms with Gasteiger partial charge in [0.25, 0.3) is 6.47 Å². The summed E-state index contributed by atoms with van der Waals surface area (Å²) in [5.74, 6) is 0. The van der Waals surface area contributed by atoms with Crippen molar-refractivity contribution in [2.75, 3.05) is 74.0 Å². The molecule has 4 rings (SSSR count). The molecule has 0 radical (unpaired) electrons. The van der Waals surface area contributed by atoms with E-state index >= 15 is 0 Å². The maximum atomic E-state index is 8.64. The molecule has 0 aliphatic carbocycles. The van der Waals surface area contributed by atoms with E-state index in [9.17, 15) is 0 Å². The third kappa shape index (κ3) is 24.4. The minimum atomic E-state index is -0.181. The third-order valence-corrected chi connectivity index (χ3v) is 7.15. The first kappa shape index (κ1) is 47.5. The summed E-state index contributed by atoms with van der Waals surface area (Å²) in [6.45, 7) is 14.9. The number of nitrogens with zero attached hydrogens (tertiary/aromatic N) is 3. The van der Waals surface area contributed by atoms with E-state index in [1.54, 1.807) is 0 Å². The average Bonchev–Trinajstić information content (AvgIpc) is 3.02. The normalized spacial score (nSPS) is 13.9. The topological polar surface area (TPSA) is 71.1 Å². The molecule has 0 saturated carbocycles. The summed E-state index contributed by atoms with van der Waals surface area (Å²) in [6.07, 6.45) is 8.08. The number of hydrogen-bond donors (Lipinski definition) is 1. The Labute approximate surface area is 352 Å². The molecular formula is C32H55BrK2N4O3. The Morgan fingerprint density at radius 2 is 1.21 bits per heavy atom. The monoisotopic (exact) mass is 700 g/mol.